The first-order valence-electron chi connectivity index (χ1n) is 14.1. The van der Waals surface area contributed by atoms with Crippen molar-refractivity contribution in [3.63, 3.8) is 0 Å². The lowest BCUT2D eigenvalue weighted by atomic mass is 9.97. The summed E-state index contributed by atoms with van der Waals surface area (Å²) in [5.41, 5.74) is 0.887. The number of aliphatic imine (C=N–C) groups is 1. The molecule has 3 aliphatic heterocycles. The number of nitrogens with one attached hydrogen (secondary N) is 2. The maximum absolute atomic E-state index is 14.3. The molecule has 2 saturated heterocycles. The van der Waals surface area contributed by atoms with Crippen LogP contribution in [0.2, 0.25) is 10.0 Å². The fourth-order valence-electron chi connectivity index (χ4n) is 5.79. The monoisotopic (exact) mass is 678 g/mol. The van der Waals surface area contributed by atoms with E-state index < -0.39 is 28.8 Å². The van der Waals surface area contributed by atoms with Crippen molar-refractivity contribution in [2.75, 3.05) is 49.5 Å². The summed E-state index contributed by atoms with van der Waals surface area (Å²) in [5.74, 6) is -0.661. The minimum atomic E-state index is -4.62. The number of piperazine rings is 1. The summed E-state index contributed by atoms with van der Waals surface area (Å²) in [6, 6.07) is 7.00. The smallest absolute Gasteiger partial charge is 0.353 e. The first-order chi connectivity index (χ1) is 20.8. The molecule has 1 atom stereocenters. The highest BCUT2D eigenvalue weighted by Gasteiger charge is 2.35. The molecule has 44 heavy (non-hydrogen) atoms. The van der Waals surface area contributed by atoms with Crippen LogP contribution in [0.1, 0.15) is 31.7 Å². The standard InChI is InChI=1S/C27H32Cl2F4N8O2S/c1-2-20-15-40(9-10-41(20)21-5-7-39(8-6-21)14-17-3-4-18(28)11-23(17)30)26-22(29)12-19(13-34-26)36-25-24(35-16-27(31,32)33)37-44(42,43)38-25/h3-4,11-13,20-21H,2,5-10,14-16H2,1H3,(H,35,37)(H,36,38)/t20-/m0/s1. The van der Waals surface area contributed by atoms with E-state index in [2.05, 4.69) is 41.3 Å². The van der Waals surface area contributed by atoms with Crippen molar-refractivity contribution >= 4 is 56.6 Å². The van der Waals surface area contributed by atoms with Crippen molar-refractivity contribution in [2.24, 2.45) is 9.39 Å². The fraction of sp³-hybridized carbons (Fsp3) is 0.519. The van der Waals surface area contributed by atoms with Gasteiger partial charge in [0.25, 0.3) is 0 Å². The second-order valence-electron chi connectivity index (χ2n) is 10.9. The van der Waals surface area contributed by atoms with Crippen LogP contribution in [-0.4, -0.2) is 92.4 Å². The summed E-state index contributed by atoms with van der Waals surface area (Å²) in [5, 5.41) is 3.34. The predicted molar refractivity (Wildman–Crippen MR) is 163 cm³/mol. The summed E-state index contributed by atoms with van der Waals surface area (Å²) in [7, 11) is -4.22. The molecule has 2 fully saturated rings. The number of piperidine rings is 1. The van der Waals surface area contributed by atoms with Crippen LogP contribution in [0.3, 0.4) is 0 Å². The van der Waals surface area contributed by atoms with Gasteiger partial charge >= 0.3 is 16.4 Å². The van der Waals surface area contributed by atoms with Gasteiger partial charge in [-0.25, -0.2) is 14.1 Å². The molecule has 0 bridgehead atoms. The quantitative estimate of drug-likeness (QED) is 0.409. The predicted octanol–water partition coefficient (Wildman–Crippen LogP) is 4.71. The van der Waals surface area contributed by atoms with E-state index in [0.29, 0.717) is 47.1 Å². The Morgan fingerprint density at radius 2 is 1.89 bits per heavy atom. The van der Waals surface area contributed by atoms with Gasteiger partial charge in [0.2, 0.25) is 0 Å². The molecular formula is C27H32Cl2F4N8O2S. The van der Waals surface area contributed by atoms with E-state index in [4.69, 9.17) is 23.2 Å². The first-order valence-corrected chi connectivity index (χ1v) is 16.3. The van der Waals surface area contributed by atoms with Crippen molar-refractivity contribution in [1.82, 2.24) is 19.5 Å². The average molecular weight is 680 g/mol. The molecule has 2 N–H and O–H groups in total. The van der Waals surface area contributed by atoms with Gasteiger partial charge in [-0.15, -0.1) is 4.40 Å². The molecule has 1 aromatic carbocycles. The summed E-state index contributed by atoms with van der Waals surface area (Å²) in [6.45, 7) is 5.07. The van der Waals surface area contributed by atoms with Crippen LogP contribution in [0.5, 0.6) is 0 Å². The third-order valence-electron chi connectivity index (χ3n) is 7.90. The molecule has 0 radical (unpaired) electrons. The zero-order valence-electron chi connectivity index (χ0n) is 23.8. The third kappa shape index (κ3) is 8.10. The number of nitrogens with zero attached hydrogens (tertiary/aromatic N) is 6. The van der Waals surface area contributed by atoms with Gasteiger partial charge in [-0.1, -0.05) is 36.2 Å². The van der Waals surface area contributed by atoms with Crippen molar-refractivity contribution in [3.05, 3.63) is 51.9 Å². The number of alkyl halides is 3. The van der Waals surface area contributed by atoms with Crippen molar-refractivity contribution in [3.8, 4) is 0 Å². The topological polar surface area (TPSA) is 106 Å². The van der Waals surface area contributed by atoms with Crippen molar-refractivity contribution in [1.29, 1.82) is 0 Å². The molecule has 5 rings (SSSR count). The Morgan fingerprint density at radius 3 is 2.55 bits per heavy atom. The van der Waals surface area contributed by atoms with Gasteiger partial charge in [0.1, 0.15) is 18.2 Å². The van der Waals surface area contributed by atoms with E-state index in [0.717, 1.165) is 38.9 Å². The molecule has 0 unspecified atom stereocenters. The number of anilines is 2. The molecule has 4 heterocycles. The zero-order chi connectivity index (χ0) is 31.6. The van der Waals surface area contributed by atoms with Crippen LogP contribution in [0.15, 0.2) is 39.9 Å². The van der Waals surface area contributed by atoms with Crippen LogP contribution >= 0.6 is 23.2 Å². The Labute approximate surface area is 263 Å². The number of halogens is 6. The van der Waals surface area contributed by atoms with E-state index in [9.17, 15) is 26.0 Å². The van der Waals surface area contributed by atoms with E-state index in [1.54, 1.807) is 12.1 Å². The molecule has 0 amide bonds. The van der Waals surface area contributed by atoms with Crippen LogP contribution in [0, 0.1) is 5.82 Å². The van der Waals surface area contributed by atoms with E-state index in [1.165, 1.54) is 18.3 Å². The Morgan fingerprint density at radius 1 is 1.14 bits per heavy atom. The lowest BCUT2D eigenvalue weighted by Gasteiger charge is -2.47. The molecule has 3 aliphatic rings. The summed E-state index contributed by atoms with van der Waals surface area (Å²) >= 11 is 12.5. The van der Waals surface area contributed by atoms with Gasteiger partial charge in [-0.3, -0.25) is 14.8 Å². The number of hydrogen-bond donors (Lipinski definition) is 2. The maximum Gasteiger partial charge on any atom is 0.408 e. The molecular weight excluding hydrogens is 647 g/mol. The number of hydrogen-bond acceptors (Lipinski definition) is 8. The van der Waals surface area contributed by atoms with Gasteiger partial charge < -0.3 is 10.2 Å². The molecule has 2 aromatic rings. The van der Waals surface area contributed by atoms with Crippen LogP contribution < -0.4 is 14.9 Å². The number of amidine groups is 2. The molecule has 0 spiro atoms. The van der Waals surface area contributed by atoms with Crippen LogP contribution in [0.25, 0.3) is 0 Å². The lowest BCUT2D eigenvalue weighted by Crippen LogP contribution is -2.58. The second-order valence-corrected chi connectivity index (χ2v) is 13.1. The van der Waals surface area contributed by atoms with Gasteiger partial charge in [0.15, 0.2) is 11.7 Å². The largest absolute Gasteiger partial charge is 0.408 e. The van der Waals surface area contributed by atoms with Crippen molar-refractivity contribution in [2.45, 2.75) is 51.0 Å². The number of likely N-dealkylation sites (tertiary alicyclic amines) is 1. The molecule has 0 aliphatic carbocycles. The van der Waals surface area contributed by atoms with Gasteiger partial charge in [0.05, 0.1) is 16.9 Å². The summed E-state index contributed by atoms with van der Waals surface area (Å²) in [4.78, 5) is 14.7. The normalized spacial score (nSPS) is 22.7. The highest BCUT2D eigenvalue weighted by atomic mass is 35.5. The minimum absolute atomic E-state index is 0.243. The molecule has 17 heteroatoms. The molecule has 0 saturated carbocycles. The van der Waals surface area contributed by atoms with Crippen LogP contribution in [-0.2, 0) is 16.8 Å². The highest BCUT2D eigenvalue weighted by Crippen LogP contribution is 2.31. The Hall–Kier alpha value is -2.72. The summed E-state index contributed by atoms with van der Waals surface area (Å²) < 4.78 is 81.1. The Bertz CT molecular complexity index is 1530. The van der Waals surface area contributed by atoms with Gasteiger partial charge in [0, 0.05) is 48.8 Å². The van der Waals surface area contributed by atoms with E-state index in [-0.39, 0.29) is 23.4 Å². The Balaban J connectivity index is 1.19. The van der Waals surface area contributed by atoms with Crippen LogP contribution in [0.4, 0.5) is 29.1 Å². The Kier molecular flexibility index (Phi) is 9.90. The van der Waals surface area contributed by atoms with Crippen molar-refractivity contribution < 1.29 is 26.0 Å². The summed E-state index contributed by atoms with van der Waals surface area (Å²) in [6.07, 6.45) is -0.315. The van der Waals surface area contributed by atoms with Gasteiger partial charge in [-0.2, -0.15) is 21.6 Å². The van der Waals surface area contributed by atoms with E-state index >= 15 is 0 Å². The molecule has 240 valence electrons. The first kappa shape index (κ1) is 32.7. The number of benzene rings is 1. The minimum Gasteiger partial charge on any atom is -0.353 e. The highest BCUT2D eigenvalue weighted by molar-refractivity contribution is 7.89. The number of rotatable bonds is 7. The van der Waals surface area contributed by atoms with Gasteiger partial charge in [-0.05, 0) is 50.6 Å². The average Bonchev–Trinajstić information content (AvgIpc) is 3.26. The third-order valence-corrected chi connectivity index (χ3v) is 9.28. The fourth-order valence-corrected chi connectivity index (χ4v) is 7.06. The zero-order valence-corrected chi connectivity index (χ0v) is 26.1. The SMILES string of the molecule is CC[C@H]1CN(c2ncc(NC3=NS(=O)(=O)NC3=NCC(F)(F)F)cc2Cl)CCN1C1CCN(Cc2ccc(Cl)cc2F)CC1. The number of aromatic nitrogens is 1. The molecule has 1 aromatic heterocycles. The lowest BCUT2D eigenvalue weighted by molar-refractivity contribution is -0.118. The maximum atomic E-state index is 14.3. The number of pyridine rings is 1. The molecule has 10 nitrogen and oxygen atoms in total. The second kappa shape index (κ2) is 13.3. The van der Waals surface area contributed by atoms with E-state index in [1.807, 2.05) is 4.72 Å².